The molecule has 0 aliphatic heterocycles. The van der Waals surface area contributed by atoms with Crippen LogP contribution in [0.3, 0.4) is 0 Å². The van der Waals surface area contributed by atoms with Crippen molar-refractivity contribution in [2.75, 3.05) is 5.73 Å². The number of anilines is 1. The van der Waals surface area contributed by atoms with Gasteiger partial charge in [0.1, 0.15) is 5.82 Å². The Morgan fingerprint density at radius 3 is 2.47 bits per heavy atom. The first kappa shape index (κ1) is 13.6. The summed E-state index contributed by atoms with van der Waals surface area (Å²) in [5.41, 5.74) is 7.42. The summed E-state index contributed by atoms with van der Waals surface area (Å²) in [4.78, 5) is 0.237. The first-order valence-electron chi connectivity index (χ1n) is 5.73. The van der Waals surface area contributed by atoms with Gasteiger partial charge in [-0.05, 0) is 19.1 Å². The second-order valence-corrected chi connectivity index (χ2v) is 6.08. The minimum absolute atomic E-state index is 0.121. The molecule has 2 rings (SSSR count). The molecular weight excluding hydrogens is 264 g/mol. The summed E-state index contributed by atoms with van der Waals surface area (Å²) < 4.78 is 28.1. The third-order valence-electron chi connectivity index (χ3n) is 2.85. The molecule has 102 valence electrons. The standard InChI is InChI=1S/C12H16N4O2S/c1-9-3-5-11(6-4-9)19(17,18)15-8-10-7-14-16(2)12(10)13/h3-7,15H,8,13H2,1-2H3. The van der Waals surface area contributed by atoms with Crippen LogP contribution in [0.1, 0.15) is 11.1 Å². The number of nitrogens with one attached hydrogen (secondary N) is 1. The number of hydrogen-bond acceptors (Lipinski definition) is 4. The van der Waals surface area contributed by atoms with E-state index in [0.717, 1.165) is 5.56 Å². The topological polar surface area (TPSA) is 90.0 Å². The highest BCUT2D eigenvalue weighted by atomic mass is 32.2. The number of hydrogen-bond donors (Lipinski definition) is 2. The Kier molecular flexibility index (Phi) is 3.59. The molecule has 6 nitrogen and oxygen atoms in total. The van der Waals surface area contributed by atoms with E-state index in [-0.39, 0.29) is 11.4 Å². The van der Waals surface area contributed by atoms with Gasteiger partial charge in [-0.15, -0.1) is 0 Å². The van der Waals surface area contributed by atoms with Gasteiger partial charge in [0.2, 0.25) is 10.0 Å². The monoisotopic (exact) mass is 280 g/mol. The Morgan fingerprint density at radius 2 is 1.95 bits per heavy atom. The molecule has 0 saturated carbocycles. The largest absolute Gasteiger partial charge is 0.384 e. The third-order valence-corrected chi connectivity index (χ3v) is 4.27. The lowest BCUT2D eigenvalue weighted by Gasteiger charge is -2.06. The molecule has 0 aliphatic carbocycles. The molecule has 0 aliphatic rings. The van der Waals surface area contributed by atoms with Gasteiger partial charge in [-0.1, -0.05) is 17.7 Å². The van der Waals surface area contributed by atoms with Gasteiger partial charge in [0.05, 0.1) is 11.1 Å². The highest BCUT2D eigenvalue weighted by Crippen LogP contribution is 2.13. The molecule has 0 atom stereocenters. The number of rotatable bonds is 4. The van der Waals surface area contributed by atoms with Gasteiger partial charge < -0.3 is 5.73 Å². The van der Waals surface area contributed by atoms with Crippen molar-refractivity contribution in [1.82, 2.24) is 14.5 Å². The predicted octanol–water partition coefficient (Wildman–Crippen LogP) is 0.789. The normalized spacial score (nSPS) is 11.7. The van der Waals surface area contributed by atoms with E-state index in [1.165, 1.54) is 4.68 Å². The molecule has 0 unspecified atom stereocenters. The van der Waals surface area contributed by atoms with Crippen molar-refractivity contribution >= 4 is 15.8 Å². The van der Waals surface area contributed by atoms with E-state index in [4.69, 9.17) is 5.73 Å². The SMILES string of the molecule is Cc1ccc(S(=O)(=O)NCc2cnn(C)c2N)cc1. The van der Waals surface area contributed by atoms with E-state index in [1.54, 1.807) is 37.5 Å². The van der Waals surface area contributed by atoms with Gasteiger partial charge in [0, 0.05) is 19.2 Å². The summed E-state index contributed by atoms with van der Waals surface area (Å²) in [7, 11) is -1.82. The first-order chi connectivity index (χ1) is 8.90. The number of sulfonamides is 1. The Labute approximate surface area is 112 Å². The average Bonchev–Trinajstić information content (AvgIpc) is 2.68. The van der Waals surface area contributed by atoms with Crippen LogP contribution >= 0.6 is 0 Å². The third kappa shape index (κ3) is 2.94. The van der Waals surface area contributed by atoms with Crippen molar-refractivity contribution < 1.29 is 8.42 Å². The first-order valence-corrected chi connectivity index (χ1v) is 7.21. The zero-order valence-corrected chi connectivity index (χ0v) is 11.6. The molecule has 19 heavy (non-hydrogen) atoms. The molecule has 0 saturated heterocycles. The zero-order valence-electron chi connectivity index (χ0n) is 10.8. The van der Waals surface area contributed by atoms with Crippen molar-refractivity contribution in [1.29, 1.82) is 0 Å². The predicted molar refractivity (Wildman–Crippen MR) is 72.8 cm³/mol. The van der Waals surface area contributed by atoms with Crippen LogP contribution in [0, 0.1) is 6.92 Å². The number of nitrogens with zero attached hydrogens (tertiary/aromatic N) is 2. The van der Waals surface area contributed by atoms with Gasteiger partial charge >= 0.3 is 0 Å². The molecule has 7 heteroatoms. The fraction of sp³-hybridized carbons (Fsp3) is 0.250. The molecular formula is C12H16N4O2S. The molecule has 1 aromatic carbocycles. The summed E-state index contributed by atoms with van der Waals surface area (Å²) in [5, 5.41) is 3.96. The molecule has 0 bridgehead atoms. The minimum Gasteiger partial charge on any atom is -0.384 e. The van der Waals surface area contributed by atoms with Crippen molar-refractivity contribution in [3.63, 3.8) is 0 Å². The summed E-state index contributed by atoms with van der Waals surface area (Å²) in [6.45, 7) is 2.02. The smallest absolute Gasteiger partial charge is 0.240 e. The van der Waals surface area contributed by atoms with Crippen molar-refractivity contribution in [2.45, 2.75) is 18.4 Å². The van der Waals surface area contributed by atoms with Crippen LogP contribution in [0.15, 0.2) is 35.4 Å². The Hall–Kier alpha value is -1.86. The van der Waals surface area contributed by atoms with Crippen LogP contribution in [-0.4, -0.2) is 18.2 Å². The van der Waals surface area contributed by atoms with E-state index >= 15 is 0 Å². The molecule has 1 heterocycles. The fourth-order valence-electron chi connectivity index (χ4n) is 1.60. The Balaban J connectivity index is 2.14. The highest BCUT2D eigenvalue weighted by molar-refractivity contribution is 7.89. The average molecular weight is 280 g/mol. The second-order valence-electron chi connectivity index (χ2n) is 4.32. The lowest BCUT2D eigenvalue weighted by molar-refractivity contribution is 0.581. The van der Waals surface area contributed by atoms with E-state index in [1.807, 2.05) is 6.92 Å². The van der Waals surface area contributed by atoms with Crippen LogP contribution < -0.4 is 10.5 Å². The number of nitrogen functional groups attached to an aromatic ring is 1. The fourth-order valence-corrected chi connectivity index (χ4v) is 2.61. The maximum Gasteiger partial charge on any atom is 0.240 e. The molecule has 0 spiro atoms. The van der Waals surface area contributed by atoms with Crippen LogP contribution in [0.5, 0.6) is 0 Å². The molecule has 2 aromatic rings. The van der Waals surface area contributed by atoms with Crippen molar-refractivity contribution in [3.8, 4) is 0 Å². The molecule has 0 amide bonds. The quantitative estimate of drug-likeness (QED) is 0.866. The Bertz CT molecular complexity index is 674. The van der Waals surface area contributed by atoms with Crippen LogP contribution in [0.4, 0.5) is 5.82 Å². The van der Waals surface area contributed by atoms with Crippen molar-refractivity contribution in [3.05, 3.63) is 41.6 Å². The number of nitrogens with two attached hydrogens (primary N) is 1. The van der Waals surface area contributed by atoms with E-state index in [2.05, 4.69) is 9.82 Å². The van der Waals surface area contributed by atoms with Gasteiger partial charge in [0.15, 0.2) is 0 Å². The van der Waals surface area contributed by atoms with Crippen LogP contribution in [0.2, 0.25) is 0 Å². The van der Waals surface area contributed by atoms with E-state index < -0.39 is 10.0 Å². The number of aromatic nitrogens is 2. The van der Waals surface area contributed by atoms with Crippen molar-refractivity contribution in [2.24, 2.45) is 7.05 Å². The van der Waals surface area contributed by atoms with Crippen LogP contribution in [-0.2, 0) is 23.6 Å². The zero-order chi connectivity index (χ0) is 14.0. The van der Waals surface area contributed by atoms with E-state index in [9.17, 15) is 8.42 Å². The minimum atomic E-state index is -3.53. The van der Waals surface area contributed by atoms with Gasteiger partial charge in [0.25, 0.3) is 0 Å². The molecule has 1 aromatic heterocycles. The lowest BCUT2D eigenvalue weighted by Crippen LogP contribution is -2.23. The Morgan fingerprint density at radius 1 is 1.32 bits per heavy atom. The summed E-state index contributed by atoms with van der Waals surface area (Å²) >= 11 is 0. The maximum atomic E-state index is 12.1. The number of aryl methyl sites for hydroxylation is 2. The maximum absolute atomic E-state index is 12.1. The van der Waals surface area contributed by atoms with Crippen LogP contribution in [0.25, 0.3) is 0 Å². The highest BCUT2D eigenvalue weighted by Gasteiger charge is 2.14. The van der Waals surface area contributed by atoms with Gasteiger partial charge in [-0.3, -0.25) is 4.68 Å². The number of benzene rings is 1. The molecule has 0 fully saturated rings. The second kappa shape index (κ2) is 5.02. The van der Waals surface area contributed by atoms with Gasteiger partial charge in [-0.2, -0.15) is 5.10 Å². The molecule has 0 radical (unpaired) electrons. The summed E-state index contributed by atoms with van der Waals surface area (Å²) in [5.74, 6) is 0.451. The summed E-state index contributed by atoms with van der Waals surface area (Å²) in [6.07, 6.45) is 1.55. The molecule has 3 N–H and O–H groups in total. The lowest BCUT2D eigenvalue weighted by atomic mass is 10.2. The van der Waals surface area contributed by atoms with E-state index in [0.29, 0.717) is 11.4 Å². The van der Waals surface area contributed by atoms with Gasteiger partial charge in [-0.25, -0.2) is 13.1 Å². The summed E-state index contributed by atoms with van der Waals surface area (Å²) in [6, 6.07) is 6.66.